The van der Waals surface area contributed by atoms with E-state index in [1.807, 2.05) is 0 Å². The first-order chi connectivity index (χ1) is 19.6. The highest BCUT2D eigenvalue weighted by atomic mass is 16.6. The number of non-ortho nitro benzene ring substituents is 2. The molecule has 4 rings (SSSR count). The van der Waals surface area contributed by atoms with E-state index in [2.05, 4.69) is 4.74 Å². The maximum absolute atomic E-state index is 11.7. The molecule has 0 aliphatic carbocycles. The van der Waals surface area contributed by atoms with E-state index < -0.39 is 21.8 Å². The smallest absolute Gasteiger partial charge is 0.338 e. The average molecular weight is 561 g/mol. The highest BCUT2D eigenvalue weighted by Crippen LogP contribution is 2.34. The molecular formula is C29H24N2O10. The molecule has 0 saturated heterocycles. The van der Waals surface area contributed by atoms with Crippen LogP contribution in [0.2, 0.25) is 0 Å². The molecule has 12 nitrogen and oxygen atoms in total. The molecule has 210 valence electrons. The molecule has 0 aliphatic heterocycles. The summed E-state index contributed by atoms with van der Waals surface area (Å²) >= 11 is 0. The number of para-hydroxylation sites is 2. The molecule has 4 aromatic carbocycles. The number of nitrogens with zero attached hydrogens (tertiary/aromatic N) is 2. The van der Waals surface area contributed by atoms with Crippen molar-refractivity contribution in [3.8, 4) is 33.8 Å². The molecule has 0 saturated carbocycles. The molecule has 1 N–H and O–H groups in total. The summed E-state index contributed by atoms with van der Waals surface area (Å²) in [7, 11) is 4.22. The topological polar surface area (TPSA) is 168 Å². The van der Waals surface area contributed by atoms with E-state index >= 15 is 0 Å². The molecule has 4 aromatic rings. The van der Waals surface area contributed by atoms with Gasteiger partial charge in [-0.05, 0) is 35.4 Å². The van der Waals surface area contributed by atoms with Gasteiger partial charge in [0, 0.05) is 35.4 Å². The van der Waals surface area contributed by atoms with Gasteiger partial charge in [-0.3, -0.25) is 20.2 Å². The molecule has 0 heterocycles. The Bertz CT molecular complexity index is 1580. The molecule has 41 heavy (non-hydrogen) atoms. The fourth-order valence-corrected chi connectivity index (χ4v) is 3.87. The minimum absolute atomic E-state index is 0.118. The number of esters is 1. The lowest BCUT2D eigenvalue weighted by molar-refractivity contribution is -0.385. The fraction of sp³-hybridized carbons (Fsp3) is 0.103. The number of nitro benzene ring substituents is 2. The van der Waals surface area contributed by atoms with Crippen molar-refractivity contribution in [3.63, 3.8) is 0 Å². The Morgan fingerprint density at radius 1 is 0.659 bits per heavy atom. The molecule has 0 radical (unpaired) electrons. The fourth-order valence-electron chi connectivity index (χ4n) is 3.87. The highest BCUT2D eigenvalue weighted by molar-refractivity contribution is 5.93. The van der Waals surface area contributed by atoms with Crippen molar-refractivity contribution in [3.05, 3.63) is 116 Å². The van der Waals surface area contributed by atoms with E-state index in [4.69, 9.17) is 14.6 Å². The van der Waals surface area contributed by atoms with Crippen molar-refractivity contribution >= 4 is 23.3 Å². The second-order valence-electron chi connectivity index (χ2n) is 8.25. The quantitative estimate of drug-likeness (QED) is 0.153. The van der Waals surface area contributed by atoms with Gasteiger partial charge in [0.15, 0.2) is 0 Å². The van der Waals surface area contributed by atoms with Crippen LogP contribution in [-0.4, -0.2) is 48.2 Å². The van der Waals surface area contributed by atoms with Crippen LogP contribution in [0.25, 0.3) is 22.3 Å². The Kier molecular flexibility index (Phi) is 9.68. The first-order valence-electron chi connectivity index (χ1n) is 11.8. The van der Waals surface area contributed by atoms with Crippen LogP contribution in [0.3, 0.4) is 0 Å². The number of methoxy groups -OCH3 is 3. The molecule has 0 unspecified atom stereocenters. The summed E-state index contributed by atoms with van der Waals surface area (Å²) in [6.07, 6.45) is 0. The Balaban J connectivity index is 0.000000226. The van der Waals surface area contributed by atoms with Crippen LogP contribution >= 0.6 is 0 Å². The van der Waals surface area contributed by atoms with Gasteiger partial charge < -0.3 is 19.3 Å². The standard InChI is InChI=1S/C15H13NO5.C14H11NO5/c1-20-14-6-4-3-5-13(14)10-7-11(15(17)21-2)9-12(8-10)16(18)19;1-20-13-5-3-2-4-12(13)9-6-10(14(16)17)8-11(7-9)15(18)19/h3-9H,1-2H3;2-8H,1H3,(H,16,17). The van der Waals surface area contributed by atoms with Crippen molar-refractivity contribution in [2.45, 2.75) is 0 Å². The predicted molar refractivity (Wildman–Crippen MR) is 148 cm³/mol. The Morgan fingerprint density at radius 3 is 1.46 bits per heavy atom. The summed E-state index contributed by atoms with van der Waals surface area (Å²) in [5.41, 5.74) is 1.73. The number of carbonyl (C=O) groups excluding carboxylic acids is 1. The first kappa shape index (κ1) is 29.8. The van der Waals surface area contributed by atoms with Gasteiger partial charge in [0.05, 0.1) is 42.3 Å². The number of aromatic carboxylic acids is 1. The maximum atomic E-state index is 11.7. The Hall–Kier alpha value is -5.78. The Morgan fingerprint density at radius 2 is 1.07 bits per heavy atom. The number of nitro groups is 2. The molecule has 0 spiro atoms. The molecular weight excluding hydrogens is 536 g/mol. The van der Waals surface area contributed by atoms with Gasteiger partial charge in [0.1, 0.15) is 11.5 Å². The number of benzene rings is 4. The predicted octanol–water partition coefficient (Wildman–Crippen LogP) is 6.03. The van der Waals surface area contributed by atoms with E-state index in [1.165, 1.54) is 51.7 Å². The van der Waals surface area contributed by atoms with Crippen LogP contribution in [0.1, 0.15) is 20.7 Å². The second kappa shape index (κ2) is 13.3. The van der Waals surface area contributed by atoms with Crippen LogP contribution in [0.5, 0.6) is 11.5 Å². The van der Waals surface area contributed by atoms with Gasteiger partial charge in [-0.25, -0.2) is 9.59 Å². The highest BCUT2D eigenvalue weighted by Gasteiger charge is 2.18. The zero-order valence-corrected chi connectivity index (χ0v) is 22.1. The maximum Gasteiger partial charge on any atom is 0.338 e. The molecule has 0 fully saturated rings. The van der Waals surface area contributed by atoms with Gasteiger partial charge in [0.25, 0.3) is 11.4 Å². The van der Waals surface area contributed by atoms with E-state index in [1.54, 1.807) is 48.5 Å². The second-order valence-corrected chi connectivity index (χ2v) is 8.25. The van der Waals surface area contributed by atoms with Gasteiger partial charge in [-0.15, -0.1) is 0 Å². The van der Waals surface area contributed by atoms with E-state index in [-0.39, 0.29) is 22.5 Å². The Labute approximate surface area is 233 Å². The minimum atomic E-state index is -1.22. The number of rotatable bonds is 8. The zero-order valence-electron chi connectivity index (χ0n) is 22.1. The number of hydrogen-bond donors (Lipinski definition) is 1. The SMILES string of the molecule is COC(=O)c1cc(-c2ccccc2OC)cc([N+](=O)[O-])c1.COc1ccccc1-c1cc(C(=O)O)cc([N+](=O)[O-])c1. The lowest BCUT2D eigenvalue weighted by Crippen LogP contribution is -2.03. The summed E-state index contributed by atoms with van der Waals surface area (Å²) in [6.45, 7) is 0. The number of carbonyl (C=O) groups is 2. The number of carboxylic acid groups (broad SMARTS) is 1. The summed E-state index contributed by atoms with van der Waals surface area (Å²) in [6, 6.07) is 21.9. The van der Waals surface area contributed by atoms with Crippen molar-refractivity contribution in [2.75, 3.05) is 21.3 Å². The van der Waals surface area contributed by atoms with Crippen molar-refractivity contribution in [2.24, 2.45) is 0 Å². The van der Waals surface area contributed by atoms with Crippen LogP contribution in [0.4, 0.5) is 11.4 Å². The monoisotopic (exact) mass is 560 g/mol. The van der Waals surface area contributed by atoms with Crippen LogP contribution < -0.4 is 9.47 Å². The average Bonchev–Trinajstić information content (AvgIpc) is 3.00. The normalized spacial score (nSPS) is 10.0. The molecule has 0 aliphatic rings. The first-order valence-corrected chi connectivity index (χ1v) is 11.8. The number of ether oxygens (including phenoxy) is 3. The molecule has 0 atom stereocenters. The third-order valence-electron chi connectivity index (χ3n) is 5.76. The zero-order chi connectivity index (χ0) is 30.1. The van der Waals surface area contributed by atoms with Gasteiger partial charge in [-0.2, -0.15) is 0 Å². The number of hydrogen-bond acceptors (Lipinski definition) is 9. The summed E-state index contributed by atoms with van der Waals surface area (Å²) in [5.74, 6) is -0.766. The summed E-state index contributed by atoms with van der Waals surface area (Å²) in [5, 5.41) is 31.0. The minimum Gasteiger partial charge on any atom is -0.496 e. The van der Waals surface area contributed by atoms with Crippen molar-refractivity contribution in [1.29, 1.82) is 0 Å². The molecule has 0 bridgehead atoms. The van der Waals surface area contributed by atoms with Gasteiger partial charge in [0.2, 0.25) is 0 Å². The van der Waals surface area contributed by atoms with E-state index in [0.29, 0.717) is 33.8 Å². The van der Waals surface area contributed by atoms with Crippen LogP contribution in [0, 0.1) is 20.2 Å². The van der Waals surface area contributed by atoms with Gasteiger partial charge >= 0.3 is 11.9 Å². The largest absolute Gasteiger partial charge is 0.496 e. The van der Waals surface area contributed by atoms with Crippen molar-refractivity contribution < 1.29 is 38.8 Å². The van der Waals surface area contributed by atoms with Crippen LogP contribution in [0.15, 0.2) is 84.9 Å². The van der Waals surface area contributed by atoms with E-state index in [0.717, 1.165) is 6.07 Å². The lowest BCUT2D eigenvalue weighted by atomic mass is 10.0. The molecule has 0 aromatic heterocycles. The molecule has 0 amide bonds. The summed E-state index contributed by atoms with van der Waals surface area (Å²) in [4.78, 5) is 43.5. The van der Waals surface area contributed by atoms with Gasteiger partial charge in [-0.1, -0.05) is 36.4 Å². The summed E-state index contributed by atoms with van der Waals surface area (Å²) < 4.78 is 15.0. The number of carboxylic acids is 1. The van der Waals surface area contributed by atoms with Crippen molar-refractivity contribution in [1.82, 2.24) is 0 Å². The lowest BCUT2D eigenvalue weighted by Gasteiger charge is -2.09. The molecule has 12 heteroatoms. The third kappa shape index (κ3) is 7.20. The van der Waals surface area contributed by atoms with Crippen LogP contribution in [-0.2, 0) is 4.74 Å². The van der Waals surface area contributed by atoms with E-state index in [9.17, 15) is 29.8 Å². The third-order valence-corrected chi connectivity index (χ3v) is 5.76.